The van der Waals surface area contributed by atoms with Crippen LogP contribution in [-0.2, 0) is 26.2 Å². The second-order valence-corrected chi connectivity index (χ2v) is 10.9. The van der Waals surface area contributed by atoms with Gasteiger partial charge in [-0.1, -0.05) is 26.0 Å². The molecule has 2 rings (SSSR count). The van der Waals surface area contributed by atoms with Gasteiger partial charge < -0.3 is 19.7 Å². The van der Waals surface area contributed by atoms with Crippen LogP contribution in [0.1, 0.15) is 52.0 Å². The molecule has 0 bridgehead atoms. The topological polar surface area (TPSA) is 105 Å². The van der Waals surface area contributed by atoms with Gasteiger partial charge >= 0.3 is 0 Å². The highest BCUT2D eigenvalue weighted by atomic mass is 32.2. The highest BCUT2D eigenvalue weighted by molar-refractivity contribution is 7.92. The summed E-state index contributed by atoms with van der Waals surface area (Å²) < 4.78 is 37.1. The summed E-state index contributed by atoms with van der Waals surface area (Å²) in [6.07, 6.45) is 2.77. The van der Waals surface area contributed by atoms with Gasteiger partial charge in [0.2, 0.25) is 21.8 Å². The summed E-state index contributed by atoms with van der Waals surface area (Å²) in [6.45, 7) is 7.13. The summed E-state index contributed by atoms with van der Waals surface area (Å²) in [6, 6.07) is 13.6. The van der Waals surface area contributed by atoms with Crippen molar-refractivity contribution in [3.05, 3.63) is 54.1 Å². The summed E-state index contributed by atoms with van der Waals surface area (Å²) >= 11 is 0. The minimum absolute atomic E-state index is 0.0879. The zero-order valence-electron chi connectivity index (χ0n) is 23.1. The minimum atomic E-state index is -3.57. The van der Waals surface area contributed by atoms with Crippen molar-refractivity contribution in [2.24, 2.45) is 0 Å². The lowest BCUT2D eigenvalue weighted by Gasteiger charge is -2.31. The number of carbonyl (C=O) groups is 2. The number of hydrogen-bond acceptors (Lipinski definition) is 6. The molecule has 0 aliphatic carbocycles. The molecule has 0 aliphatic heterocycles. The lowest BCUT2D eigenvalue weighted by atomic mass is 10.1. The molecule has 210 valence electrons. The van der Waals surface area contributed by atoms with Gasteiger partial charge in [-0.25, -0.2) is 8.42 Å². The summed E-state index contributed by atoms with van der Waals surface area (Å²) in [4.78, 5) is 28.0. The third kappa shape index (κ3) is 9.24. The van der Waals surface area contributed by atoms with Gasteiger partial charge in [0, 0.05) is 26.1 Å². The van der Waals surface area contributed by atoms with E-state index in [2.05, 4.69) is 5.32 Å². The van der Waals surface area contributed by atoms with E-state index in [0.717, 1.165) is 18.2 Å². The fourth-order valence-corrected chi connectivity index (χ4v) is 5.10. The quantitative estimate of drug-likeness (QED) is 0.341. The lowest BCUT2D eigenvalue weighted by molar-refractivity contribution is -0.141. The standard InChI is InChI=1S/C28H41N3O6S/c1-6-18-29-28(33)26(7-2)30(21-22-11-9-12-25(20-22)36-4)27(32)13-10-19-31(38(5,34)35)23-14-16-24(17-15-23)37-8-3/h9,11-12,14-17,20,26H,6-8,10,13,18-19,21H2,1-5H3,(H,29,33)/t26-/m0/s1. The number of hydrogen-bond donors (Lipinski definition) is 1. The Bertz CT molecular complexity index is 1140. The van der Waals surface area contributed by atoms with Gasteiger partial charge in [0.15, 0.2) is 0 Å². The molecule has 2 aromatic rings. The Morgan fingerprint density at radius 2 is 1.74 bits per heavy atom. The summed E-state index contributed by atoms with van der Waals surface area (Å²) in [5, 5.41) is 2.90. The molecule has 0 aromatic heterocycles. The van der Waals surface area contributed by atoms with Crippen LogP contribution in [0.2, 0.25) is 0 Å². The molecule has 0 aliphatic rings. The van der Waals surface area contributed by atoms with Crippen LogP contribution in [0.15, 0.2) is 48.5 Å². The molecule has 1 N–H and O–H groups in total. The SMILES string of the molecule is CCCNC(=O)[C@H](CC)N(Cc1cccc(OC)c1)C(=O)CCCN(c1ccc(OCC)cc1)S(C)(=O)=O. The van der Waals surface area contributed by atoms with Gasteiger partial charge in [0.25, 0.3) is 0 Å². The third-order valence-electron chi connectivity index (χ3n) is 6.01. The fourth-order valence-electron chi connectivity index (χ4n) is 4.13. The highest BCUT2D eigenvalue weighted by Crippen LogP contribution is 2.23. The lowest BCUT2D eigenvalue weighted by Crippen LogP contribution is -2.49. The predicted molar refractivity (Wildman–Crippen MR) is 150 cm³/mol. The van der Waals surface area contributed by atoms with Gasteiger partial charge in [-0.3, -0.25) is 13.9 Å². The molecule has 0 saturated heterocycles. The number of rotatable bonds is 16. The number of benzene rings is 2. The molecule has 38 heavy (non-hydrogen) atoms. The Balaban J connectivity index is 2.21. The van der Waals surface area contributed by atoms with Gasteiger partial charge in [-0.05, 0) is 68.1 Å². The average molecular weight is 548 g/mol. The van der Waals surface area contributed by atoms with E-state index in [4.69, 9.17) is 9.47 Å². The molecule has 0 saturated carbocycles. The Hall–Kier alpha value is -3.27. The third-order valence-corrected chi connectivity index (χ3v) is 7.20. The summed E-state index contributed by atoms with van der Waals surface area (Å²) in [5.74, 6) is 0.904. The Morgan fingerprint density at radius 1 is 1.03 bits per heavy atom. The van der Waals surface area contributed by atoms with Crippen LogP contribution in [-0.4, -0.2) is 64.2 Å². The second kappa shape index (κ2) is 15.2. The fraction of sp³-hybridized carbons (Fsp3) is 0.500. The molecule has 0 radical (unpaired) electrons. The normalized spacial score (nSPS) is 11.9. The number of nitrogens with one attached hydrogen (secondary N) is 1. The van der Waals surface area contributed by atoms with Gasteiger partial charge in [0.05, 0.1) is 25.7 Å². The molecular formula is C28H41N3O6S. The van der Waals surface area contributed by atoms with Crippen molar-refractivity contribution < 1.29 is 27.5 Å². The van der Waals surface area contributed by atoms with Crippen molar-refractivity contribution in [3.8, 4) is 11.5 Å². The van der Waals surface area contributed by atoms with E-state index in [1.807, 2.05) is 45.0 Å². The van der Waals surface area contributed by atoms with E-state index in [1.165, 1.54) is 4.31 Å². The van der Waals surface area contributed by atoms with E-state index < -0.39 is 16.1 Å². The minimum Gasteiger partial charge on any atom is -0.497 e. The number of nitrogens with zero attached hydrogens (tertiary/aromatic N) is 2. The Morgan fingerprint density at radius 3 is 2.32 bits per heavy atom. The van der Waals surface area contributed by atoms with E-state index in [-0.39, 0.29) is 31.3 Å². The predicted octanol–water partition coefficient (Wildman–Crippen LogP) is 3.97. The number of ether oxygens (including phenoxy) is 2. The van der Waals surface area contributed by atoms with Gasteiger partial charge in [-0.15, -0.1) is 0 Å². The smallest absolute Gasteiger partial charge is 0.242 e. The molecule has 0 heterocycles. The van der Waals surface area contributed by atoms with Crippen LogP contribution in [0.4, 0.5) is 5.69 Å². The zero-order valence-corrected chi connectivity index (χ0v) is 23.9. The van der Waals surface area contributed by atoms with E-state index in [9.17, 15) is 18.0 Å². The molecular weight excluding hydrogens is 506 g/mol. The number of carbonyl (C=O) groups excluding carboxylic acids is 2. The number of anilines is 1. The van der Waals surface area contributed by atoms with Crippen LogP contribution in [0.3, 0.4) is 0 Å². The van der Waals surface area contributed by atoms with Crippen LogP contribution in [0.25, 0.3) is 0 Å². The molecule has 0 fully saturated rings. The number of sulfonamides is 1. The van der Waals surface area contributed by atoms with Crippen molar-refractivity contribution >= 4 is 27.5 Å². The second-order valence-electron chi connectivity index (χ2n) is 8.95. The van der Waals surface area contributed by atoms with Crippen molar-refractivity contribution in [3.63, 3.8) is 0 Å². The van der Waals surface area contributed by atoms with Crippen molar-refractivity contribution in [2.75, 3.05) is 37.4 Å². The van der Waals surface area contributed by atoms with E-state index >= 15 is 0 Å². The maximum absolute atomic E-state index is 13.5. The van der Waals surface area contributed by atoms with Crippen molar-refractivity contribution in [1.29, 1.82) is 0 Å². The first-order valence-corrected chi connectivity index (χ1v) is 14.9. The zero-order chi connectivity index (χ0) is 28.1. The maximum Gasteiger partial charge on any atom is 0.242 e. The molecule has 0 spiro atoms. The highest BCUT2D eigenvalue weighted by Gasteiger charge is 2.28. The molecule has 2 aromatic carbocycles. The molecule has 2 amide bonds. The molecule has 10 heteroatoms. The van der Waals surface area contributed by atoms with E-state index in [1.54, 1.807) is 36.3 Å². The van der Waals surface area contributed by atoms with Crippen molar-refractivity contribution in [1.82, 2.24) is 10.2 Å². The maximum atomic E-state index is 13.5. The molecule has 0 unspecified atom stereocenters. The summed E-state index contributed by atoms with van der Waals surface area (Å²) in [7, 11) is -2.00. The first-order valence-electron chi connectivity index (χ1n) is 13.0. The summed E-state index contributed by atoms with van der Waals surface area (Å²) in [5.41, 5.74) is 1.34. The van der Waals surface area contributed by atoms with Crippen LogP contribution in [0.5, 0.6) is 11.5 Å². The molecule has 1 atom stereocenters. The first kappa shape index (κ1) is 31.0. The van der Waals surface area contributed by atoms with Crippen LogP contribution in [0, 0.1) is 0 Å². The number of methoxy groups -OCH3 is 1. The first-order chi connectivity index (χ1) is 18.1. The van der Waals surface area contributed by atoms with Crippen molar-refractivity contribution in [2.45, 2.75) is 59.0 Å². The monoisotopic (exact) mass is 547 g/mol. The van der Waals surface area contributed by atoms with Gasteiger partial charge in [-0.2, -0.15) is 0 Å². The molecule has 9 nitrogen and oxygen atoms in total. The van der Waals surface area contributed by atoms with Crippen LogP contribution < -0.4 is 19.1 Å². The Kier molecular flexibility index (Phi) is 12.4. The number of amides is 2. The Labute approximate surface area is 227 Å². The largest absolute Gasteiger partial charge is 0.497 e. The average Bonchev–Trinajstić information content (AvgIpc) is 2.89. The van der Waals surface area contributed by atoms with Crippen LogP contribution >= 0.6 is 0 Å². The van der Waals surface area contributed by atoms with Gasteiger partial charge in [0.1, 0.15) is 17.5 Å². The van der Waals surface area contributed by atoms with E-state index in [0.29, 0.717) is 43.2 Å².